The van der Waals surface area contributed by atoms with Crippen molar-refractivity contribution in [2.24, 2.45) is 0 Å². The number of aryl methyl sites for hydroxylation is 1. The Morgan fingerprint density at radius 2 is 1.67 bits per heavy atom. The molecule has 1 nitrogen and oxygen atoms in total. The zero-order valence-electron chi connectivity index (χ0n) is 16.0. The van der Waals surface area contributed by atoms with Gasteiger partial charge in [0.15, 0.2) is 0 Å². The van der Waals surface area contributed by atoms with Crippen molar-refractivity contribution in [3.8, 4) is 0 Å². The lowest BCUT2D eigenvalue weighted by molar-refractivity contribution is 1.02. The number of halogens is 1. The molecule has 0 aliphatic rings. The van der Waals surface area contributed by atoms with Crippen LogP contribution < -0.4 is 5.32 Å². The average Bonchev–Trinajstić information content (AvgIpc) is 2.68. The number of likely N-dealkylation sites (N-methyl/N-ethyl adjacent to an activating group) is 1. The quantitative estimate of drug-likeness (QED) is 0.466. The molecule has 1 N–H and O–H groups in total. The molecule has 2 aromatic carbocycles. The van der Waals surface area contributed by atoms with Gasteiger partial charge in [0, 0.05) is 17.2 Å². The van der Waals surface area contributed by atoms with Gasteiger partial charge in [-0.25, -0.2) is 0 Å². The highest BCUT2D eigenvalue weighted by molar-refractivity contribution is 9.11. The molecule has 2 heteroatoms. The van der Waals surface area contributed by atoms with Gasteiger partial charge in [0.05, 0.1) is 0 Å². The van der Waals surface area contributed by atoms with Crippen LogP contribution in [0.4, 0.5) is 0 Å². The van der Waals surface area contributed by atoms with Crippen LogP contribution >= 0.6 is 15.9 Å². The maximum atomic E-state index is 4.17. The molecule has 0 spiro atoms. The highest BCUT2D eigenvalue weighted by Gasteiger charge is 2.04. The Labute approximate surface area is 171 Å². The lowest BCUT2D eigenvalue weighted by Crippen LogP contribution is -2.07. The fourth-order valence-electron chi connectivity index (χ4n) is 2.61. The molecule has 0 unspecified atom stereocenters. The first-order valence-corrected chi connectivity index (χ1v) is 9.71. The van der Waals surface area contributed by atoms with Crippen molar-refractivity contribution in [3.63, 3.8) is 0 Å². The Hall–Kier alpha value is -2.58. The van der Waals surface area contributed by atoms with Crippen molar-refractivity contribution in [2.45, 2.75) is 13.3 Å². The Kier molecular flexibility index (Phi) is 8.09. The standard InChI is InChI=1S/C25H26BrN/c1-19-10-15-23(16-11-19)24(17-14-22-8-6-5-7-9-22)18-25(27-4)20(2)12-13-21(3)26/h5-13,15-18,27H,2-3,14H2,1,4H3/b13-12-,24-17+,25-18-. The molecule has 27 heavy (non-hydrogen) atoms. The van der Waals surface area contributed by atoms with Crippen molar-refractivity contribution < 1.29 is 0 Å². The second kappa shape index (κ2) is 10.5. The van der Waals surface area contributed by atoms with E-state index in [4.69, 9.17) is 0 Å². The van der Waals surface area contributed by atoms with Gasteiger partial charge in [-0.1, -0.05) is 101 Å². The second-order valence-corrected chi connectivity index (χ2v) is 7.35. The van der Waals surface area contributed by atoms with E-state index in [1.807, 2.05) is 25.3 Å². The predicted octanol–water partition coefficient (Wildman–Crippen LogP) is 6.75. The van der Waals surface area contributed by atoms with Crippen LogP contribution in [0.2, 0.25) is 0 Å². The fourth-order valence-corrected chi connectivity index (χ4v) is 2.74. The van der Waals surface area contributed by atoms with Gasteiger partial charge >= 0.3 is 0 Å². The predicted molar refractivity (Wildman–Crippen MR) is 123 cm³/mol. The summed E-state index contributed by atoms with van der Waals surface area (Å²) in [6, 6.07) is 19.1. The van der Waals surface area contributed by atoms with Crippen LogP contribution in [0.25, 0.3) is 5.57 Å². The zero-order valence-corrected chi connectivity index (χ0v) is 17.6. The van der Waals surface area contributed by atoms with E-state index in [-0.39, 0.29) is 0 Å². The summed E-state index contributed by atoms with van der Waals surface area (Å²) < 4.78 is 0.817. The normalized spacial score (nSPS) is 12.3. The van der Waals surface area contributed by atoms with E-state index in [2.05, 4.69) is 102 Å². The highest BCUT2D eigenvalue weighted by Crippen LogP contribution is 2.22. The van der Waals surface area contributed by atoms with E-state index in [1.165, 1.54) is 16.7 Å². The summed E-state index contributed by atoms with van der Waals surface area (Å²) in [5.74, 6) is 0. The lowest BCUT2D eigenvalue weighted by atomic mass is 9.99. The average molecular weight is 420 g/mol. The van der Waals surface area contributed by atoms with Gasteiger partial charge in [-0.15, -0.1) is 0 Å². The number of hydrogen-bond donors (Lipinski definition) is 1. The summed E-state index contributed by atoms with van der Waals surface area (Å²) in [6.45, 7) is 10.1. The molecule has 0 aromatic heterocycles. The first kappa shape index (κ1) is 20.7. The Bertz CT molecular complexity index is 868. The topological polar surface area (TPSA) is 12.0 Å². The van der Waals surface area contributed by atoms with Gasteiger partial charge in [0.25, 0.3) is 0 Å². The van der Waals surface area contributed by atoms with E-state index in [0.29, 0.717) is 0 Å². The number of allylic oxidation sites excluding steroid dienone is 6. The fraction of sp³-hybridized carbons (Fsp3) is 0.120. The van der Waals surface area contributed by atoms with E-state index in [9.17, 15) is 0 Å². The minimum Gasteiger partial charge on any atom is -0.388 e. The molecule has 0 bridgehead atoms. The second-order valence-electron chi connectivity index (χ2n) is 6.33. The first-order valence-electron chi connectivity index (χ1n) is 8.92. The van der Waals surface area contributed by atoms with E-state index >= 15 is 0 Å². The molecular weight excluding hydrogens is 394 g/mol. The maximum Gasteiger partial charge on any atom is 0.0411 e. The molecule has 2 rings (SSSR count). The van der Waals surface area contributed by atoms with Crippen LogP contribution in [-0.4, -0.2) is 7.05 Å². The first-order chi connectivity index (χ1) is 13.0. The largest absolute Gasteiger partial charge is 0.388 e. The lowest BCUT2D eigenvalue weighted by Gasteiger charge is -2.11. The van der Waals surface area contributed by atoms with Crippen LogP contribution in [0.3, 0.4) is 0 Å². The molecule has 0 aliphatic heterocycles. The summed E-state index contributed by atoms with van der Waals surface area (Å²) in [6.07, 6.45) is 9.13. The summed E-state index contributed by atoms with van der Waals surface area (Å²) in [4.78, 5) is 0. The van der Waals surface area contributed by atoms with Gasteiger partial charge in [-0.05, 0) is 47.8 Å². The number of nitrogens with one attached hydrogen (secondary N) is 1. The smallest absolute Gasteiger partial charge is 0.0411 e. The van der Waals surface area contributed by atoms with Gasteiger partial charge < -0.3 is 5.32 Å². The number of rotatable bonds is 8. The van der Waals surface area contributed by atoms with Crippen LogP contribution in [0.5, 0.6) is 0 Å². The molecule has 2 aromatic rings. The molecule has 0 amide bonds. The van der Waals surface area contributed by atoms with Crippen LogP contribution in [-0.2, 0) is 6.42 Å². The van der Waals surface area contributed by atoms with Crippen molar-refractivity contribution >= 4 is 21.5 Å². The van der Waals surface area contributed by atoms with E-state index in [0.717, 1.165) is 27.7 Å². The summed E-state index contributed by atoms with van der Waals surface area (Å²) in [5, 5.41) is 3.26. The monoisotopic (exact) mass is 419 g/mol. The van der Waals surface area contributed by atoms with E-state index < -0.39 is 0 Å². The van der Waals surface area contributed by atoms with E-state index in [1.54, 1.807) is 0 Å². The Balaban J connectivity index is 2.39. The number of hydrogen-bond acceptors (Lipinski definition) is 1. The minimum absolute atomic E-state index is 0.817. The maximum absolute atomic E-state index is 4.17. The third-order valence-corrected chi connectivity index (χ3v) is 4.43. The summed E-state index contributed by atoms with van der Waals surface area (Å²) in [7, 11) is 1.91. The Morgan fingerprint density at radius 3 is 2.26 bits per heavy atom. The van der Waals surface area contributed by atoms with Gasteiger partial charge in [0.2, 0.25) is 0 Å². The summed E-state index contributed by atoms with van der Waals surface area (Å²) in [5.41, 5.74) is 6.76. The van der Waals surface area contributed by atoms with Crippen molar-refractivity contribution in [3.05, 3.63) is 125 Å². The molecule has 0 aliphatic carbocycles. The molecule has 0 saturated heterocycles. The molecule has 0 heterocycles. The molecule has 0 atom stereocenters. The molecule has 138 valence electrons. The molecule has 0 saturated carbocycles. The SMILES string of the molecule is C=C(Br)/C=C\C(=C)/C(=C/C(=C\Cc1ccccc1)c1ccc(C)cc1)NC. The summed E-state index contributed by atoms with van der Waals surface area (Å²) >= 11 is 3.35. The van der Waals surface area contributed by atoms with Crippen LogP contribution in [0.1, 0.15) is 16.7 Å². The minimum atomic E-state index is 0.817. The van der Waals surface area contributed by atoms with Crippen molar-refractivity contribution in [1.82, 2.24) is 5.32 Å². The third kappa shape index (κ3) is 6.92. The third-order valence-electron chi connectivity index (χ3n) is 4.17. The zero-order chi connectivity index (χ0) is 19.6. The van der Waals surface area contributed by atoms with Gasteiger partial charge in [-0.3, -0.25) is 0 Å². The highest BCUT2D eigenvalue weighted by atomic mass is 79.9. The van der Waals surface area contributed by atoms with Crippen molar-refractivity contribution in [2.75, 3.05) is 7.05 Å². The molecular formula is C25H26BrN. The Morgan fingerprint density at radius 1 is 1.00 bits per heavy atom. The van der Waals surface area contributed by atoms with Gasteiger partial charge in [-0.2, -0.15) is 0 Å². The van der Waals surface area contributed by atoms with Crippen molar-refractivity contribution in [1.29, 1.82) is 0 Å². The van der Waals surface area contributed by atoms with Crippen LogP contribution in [0.15, 0.2) is 108 Å². The number of benzene rings is 2. The molecule has 0 fully saturated rings. The molecule has 0 radical (unpaired) electrons. The van der Waals surface area contributed by atoms with Crippen LogP contribution in [0, 0.1) is 6.92 Å². The van der Waals surface area contributed by atoms with Gasteiger partial charge in [0.1, 0.15) is 0 Å².